The summed E-state index contributed by atoms with van der Waals surface area (Å²) in [5, 5.41) is 0. The molecule has 0 saturated carbocycles. The van der Waals surface area contributed by atoms with E-state index in [2.05, 4.69) is 43.1 Å². The Bertz CT molecular complexity index is 159. The van der Waals surface area contributed by atoms with E-state index in [-0.39, 0.29) is 0 Å². The molecule has 60 valence electrons. The van der Waals surface area contributed by atoms with E-state index in [0.29, 0.717) is 0 Å². The first-order chi connectivity index (χ1) is 5.38. The van der Waals surface area contributed by atoms with Crippen molar-refractivity contribution in [1.82, 2.24) is 4.81 Å². The number of nitrogens with zero attached hydrogens (tertiary/aromatic N) is 1. The van der Waals surface area contributed by atoms with Crippen LogP contribution >= 0.6 is 0 Å². The summed E-state index contributed by atoms with van der Waals surface area (Å²) in [6.45, 7) is 6.32. The van der Waals surface area contributed by atoms with Gasteiger partial charge in [-0.15, -0.1) is 0 Å². The van der Waals surface area contributed by atoms with Gasteiger partial charge in [-0.3, -0.25) is 0 Å². The van der Waals surface area contributed by atoms with E-state index in [9.17, 15) is 0 Å². The van der Waals surface area contributed by atoms with Crippen LogP contribution in [0.1, 0.15) is 13.8 Å². The van der Waals surface area contributed by atoms with E-state index in [1.165, 1.54) is 12.6 Å². The highest BCUT2D eigenvalue weighted by Gasteiger charge is 2.15. The van der Waals surface area contributed by atoms with Crippen LogP contribution in [0.4, 0.5) is 0 Å². The Labute approximate surface area is 69.9 Å². The topological polar surface area (TPSA) is 3.24 Å². The standard InChI is InChI=1S/C9H16BN/c1-3-10(4-2)11-8-6-5-7-9-11/h5-8H,3-4,9H2,1-2H3. The van der Waals surface area contributed by atoms with Gasteiger partial charge in [0.25, 0.3) is 6.85 Å². The van der Waals surface area contributed by atoms with Crippen molar-refractivity contribution >= 4 is 6.85 Å². The van der Waals surface area contributed by atoms with Gasteiger partial charge in [0.1, 0.15) is 0 Å². The van der Waals surface area contributed by atoms with Crippen LogP contribution in [0.25, 0.3) is 0 Å². The van der Waals surface area contributed by atoms with Crippen molar-refractivity contribution in [2.24, 2.45) is 0 Å². The Morgan fingerprint density at radius 1 is 1.27 bits per heavy atom. The van der Waals surface area contributed by atoms with Gasteiger partial charge in [0, 0.05) is 6.54 Å². The minimum Gasteiger partial charge on any atom is -0.417 e. The monoisotopic (exact) mass is 149 g/mol. The second-order valence-corrected chi connectivity index (χ2v) is 2.94. The summed E-state index contributed by atoms with van der Waals surface area (Å²) in [5.41, 5.74) is 0. The van der Waals surface area contributed by atoms with E-state index in [4.69, 9.17) is 0 Å². The van der Waals surface area contributed by atoms with Crippen LogP contribution in [-0.2, 0) is 0 Å². The van der Waals surface area contributed by atoms with Gasteiger partial charge in [-0.2, -0.15) is 0 Å². The highest BCUT2D eigenvalue weighted by molar-refractivity contribution is 6.55. The summed E-state index contributed by atoms with van der Waals surface area (Å²) in [7, 11) is 0. The molecular formula is C9H16BN. The summed E-state index contributed by atoms with van der Waals surface area (Å²) < 4.78 is 0. The van der Waals surface area contributed by atoms with Crippen molar-refractivity contribution in [2.45, 2.75) is 26.5 Å². The second-order valence-electron chi connectivity index (χ2n) is 2.94. The Hall–Kier alpha value is -0.655. The van der Waals surface area contributed by atoms with Crippen molar-refractivity contribution in [1.29, 1.82) is 0 Å². The first-order valence-electron chi connectivity index (χ1n) is 4.47. The molecule has 2 heteroatoms. The van der Waals surface area contributed by atoms with Crippen LogP contribution in [0.5, 0.6) is 0 Å². The zero-order valence-electron chi connectivity index (χ0n) is 7.46. The minimum atomic E-state index is 0.733. The third-order valence-electron chi connectivity index (χ3n) is 2.25. The normalized spacial score (nSPS) is 15.6. The summed E-state index contributed by atoms with van der Waals surface area (Å²) in [4.78, 5) is 2.40. The maximum Gasteiger partial charge on any atom is 0.253 e. The number of rotatable bonds is 3. The van der Waals surface area contributed by atoms with Crippen molar-refractivity contribution in [3.05, 3.63) is 24.4 Å². The maximum atomic E-state index is 2.40. The van der Waals surface area contributed by atoms with Crippen LogP contribution in [0, 0.1) is 0 Å². The molecule has 0 saturated heterocycles. The van der Waals surface area contributed by atoms with Gasteiger partial charge in [0.05, 0.1) is 0 Å². The lowest BCUT2D eigenvalue weighted by atomic mass is 9.55. The quantitative estimate of drug-likeness (QED) is 0.557. The highest BCUT2D eigenvalue weighted by atomic mass is 15.0. The molecule has 0 aliphatic carbocycles. The Morgan fingerprint density at radius 2 is 2.00 bits per heavy atom. The molecule has 1 heterocycles. The van der Waals surface area contributed by atoms with Gasteiger partial charge in [0.2, 0.25) is 0 Å². The van der Waals surface area contributed by atoms with Crippen LogP contribution < -0.4 is 0 Å². The Kier molecular flexibility index (Phi) is 3.28. The van der Waals surface area contributed by atoms with E-state index in [1.807, 2.05) is 0 Å². The fourth-order valence-electron chi connectivity index (χ4n) is 1.51. The van der Waals surface area contributed by atoms with E-state index in [1.54, 1.807) is 0 Å². The third-order valence-corrected chi connectivity index (χ3v) is 2.25. The van der Waals surface area contributed by atoms with E-state index in [0.717, 1.165) is 13.4 Å². The molecule has 1 rings (SSSR count). The van der Waals surface area contributed by atoms with Crippen LogP contribution in [-0.4, -0.2) is 18.2 Å². The van der Waals surface area contributed by atoms with Crippen LogP contribution in [0.3, 0.4) is 0 Å². The number of hydrogen-bond donors (Lipinski definition) is 0. The second kappa shape index (κ2) is 4.27. The SMILES string of the molecule is CCB(CC)N1C=CC=CC1. The summed E-state index contributed by atoms with van der Waals surface area (Å²) >= 11 is 0. The molecule has 0 amide bonds. The van der Waals surface area contributed by atoms with Gasteiger partial charge in [-0.25, -0.2) is 0 Å². The molecule has 0 aromatic rings. The van der Waals surface area contributed by atoms with Crippen molar-refractivity contribution in [3.8, 4) is 0 Å². The van der Waals surface area contributed by atoms with E-state index < -0.39 is 0 Å². The Balaban J connectivity index is 2.45. The van der Waals surface area contributed by atoms with Gasteiger partial charge in [-0.1, -0.05) is 38.6 Å². The molecule has 0 aromatic heterocycles. The first kappa shape index (κ1) is 8.44. The zero-order valence-corrected chi connectivity index (χ0v) is 7.46. The average molecular weight is 149 g/mol. The van der Waals surface area contributed by atoms with Gasteiger partial charge >= 0.3 is 0 Å². The molecule has 11 heavy (non-hydrogen) atoms. The summed E-state index contributed by atoms with van der Waals surface area (Å²) in [6, 6.07) is 0. The zero-order chi connectivity index (χ0) is 8.10. The van der Waals surface area contributed by atoms with Crippen molar-refractivity contribution in [2.75, 3.05) is 6.54 Å². The lowest BCUT2D eigenvalue weighted by molar-refractivity contribution is 0.626. The molecular weight excluding hydrogens is 133 g/mol. The average Bonchev–Trinajstić information content (AvgIpc) is 2.09. The molecule has 1 aliphatic heterocycles. The fourth-order valence-corrected chi connectivity index (χ4v) is 1.51. The molecule has 0 radical (unpaired) electrons. The molecule has 0 bridgehead atoms. The predicted octanol–water partition coefficient (Wildman–Crippen LogP) is 2.40. The van der Waals surface area contributed by atoms with Crippen molar-refractivity contribution in [3.63, 3.8) is 0 Å². The first-order valence-corrected chi connectivity index (χ1v) is 4.47. The minimum absolute atomic E-state index is 0.733. The van der Waals surface area contributed by atoms with Gasteiger partial charge in [-0.05, 0) is 12.3 Å². The Morgan fingerprint density at radius 3 is 2.45 bits per heavy atom. The molecule has 0 spiro atoms. The smallest absolute Gasteiger partial charge is 0.253 e. The third kappa shape index (κ3) is 2.14. The number of allylic oxidation sites excluding steroid dienone is 2. The fraction of sp³-hybridized carbons (Fsp3) is 0.556. The molecule has 1 nitrogen and oxygen atoms in total. The molecule has 0 N–H and O–H groups in total. The summed E-state index contributed by atoms with van der Waals surface area (Å²) in [5.74, 6) is 0. The predicted molar refractivity (Wildman–Crippen MR) is 51.7 cm³/mol. The molecule has 0 atom stereocenters. The van der Waals surface area contributed by atoms with Crippen LogP contribution in [0.2, 0.25) is 12.6 Å². The molecule has 0 aromatic carbocycles. The van der Waals surface area contributed by atoms with Crippen molar-refractivity contribution < 1.29 is 0 Å². The van der Waals surface area contributed by atoms with Crippen LogP contribution in [0.15, 0.2) is 24.4 Å². The molecule has 0 unspecified atom stereocenters. The van der Waals surface area contributed by atoms with E-state index >= 15 is 0 Å². The highest BCUT2D eigenvalue weighted by Crippen LogP contribution is 2.08. The van der Waals surface area contributed by atoms with Gasteiger partial charge < -0.3 is 4.81 Å². The van der Waals surface area contributed by atoms with Gasteiger partial charge in [0.15, 0.2) is 0 Å². The molecule has 1 aliphatic rings. The lowest BCUT2D eigenvalue weighted by Crippen LogP contribution is -2.34. The maximum absolute atomic E-state index is 2.40. The lowest BCUT2D eigenvalue weighted by Gasteiger charge is -2.26. The largest absolute Gasteiger partial charge is 0.417 e. The molecule has 0 fully saturated rings. The number of hydrogen-bond acceptors (Lipinski definition) is 1. The summed E-state index contributed by atoms with van der Waals surface area (Å²) in [6.07, 6.45) is 11.1.